The number of anilines is 2. The van der Waals surface area contributed by atoms with Gasteiger partial charge in [-0.05, 0) is 47.4 Å². The predicted octanol–water partition coefficient (Wildman–Crippen LogP) is 3.38. The number of carbonyl (C=O) groups excluding carboxylic acids is 1. The molecule has 3 aromatic rings. The first-order valence-corrected chi connectivity index (χ1v) is 13.4. The molecule has 0 aliphatic carbocycles. The van der Waals surface area contributed by atoms with E-state index in [4.69, 9.17) is 0 Å². The van der Waals surface area contributed by atoms with Gasteiger partial charge in [0.05, 0.1) is 18.4 Å². The molecule has 39 heavy (non-hydrogen) atoms. The number of pyridine rings is 2. The maximum Gasteiger partial charge on any atom is 0.274 e. The zero-order chi connectivity index (χ0) is 26.8. The highest BCUT2D eigenvalue weighted by molar-refractivity contribution is 6.49. The minimum absolute atomic E-state index is 0.106. The number of carbonyl (C=O) groups is 1. The van der Waals surface area contributed by atoms with Gasteiger partial charge in [-0.15, -0.1) is 0 Å². The summed E-state index contributed by atoms with van der Waals surface area (Å²) in [5, 5.41) is 6.29. The van der Waals surface area contributed by atoms with Crippen LogP contribution in [0, 0.1) is 0 Å². The quantitative estimate of drug-likeness (QED) is 0.508. The number of nitrogens with one attached hydrogen (secondary N) is 2. The number of nitrogens with zero attached hydrogens (tertiary/aromatic N) is 5. The van der Waals surface area contributed by atoms with E-state index < -0.39 is 5.92 Å². The molecule has 2 N–H and O–H groups in total. The average molecular weight is 532 g/mol. The number of benzene rings is 1. The molecule has 202 valence electrons. The fourth-order valence-corrected chi connectivity index (χ4v) is 5.43. The molecule has 0 unspecified atom stereocenters. The second-order valence-electron chi connectivity index (χ2n) is 10.3. The molecule has 0 spiro atoms. The molecule has 2 saturated heterocycles. The summed E-state index contributed by atoms with van der Waals surface area (Å²) in [6.07, 6.45) is 5.82. The maximum atomic E-state index is 13.6. The van der Waals surface area contributed by atoms with Crippen LogP contribution in [-0.4, -0.2) is 78.2 Å². The lowest BCUT2D eigenvalue weighted by Crippen LogP contribution is -2.43. The van der Waals surface area contributed by atoms with Crippen LogP contribution in [0.25, 0.3) is 11.1 Å². The number of aliphatic imine (C=N–C) groups is 1. The Morgan fingerprint density at radius 1 is 1.03 bits per heavy atom. The van der Waals surface area contributed by atoms with E-state index in [1.54, 1.807) is 23.5 Å². The van der Waals surface area contributed by atoms with E-state index in [0.29, 0.717) is 31.0 Å². The average Bonchev–Trinajstić information content (AvgIpc) is 3.31. The van der Waals surface area contributed by atoms with Crippen molar-refractivity contribution in [2.24, 2.45) is 4.99 Å². The van der Waals surface area contributed by atoms with E-state index >= 15 is 0 Å². The van der Waals surface area contributed by atoms with E-state index in [2.05, 4.69) is 30.5 Å². The third-order valence-electron chi connectivity index (χ3n) is 7.46. The molecule has 10 heteroatoms. The predicted molar refractivity (Wildman–Crippen MR) is 148 cm³/mol. The molecule has 8 nitrogen and oxygen atoms in total. The highest BCUT2D eigenvalue weighted by Crippen LogP contribution is 2.29. The van der Waals surface area contributed by atoms with Crippen molar-refractivity contribution in [2.75, 3.05) is 56.0 Å². The van der Waals surface area contributed by atoms with E-state index in [1.807, 2.05) is 36.4 Å². The Morgan fingerprint density at radius 3 is 2.67 bits per heavy atom. The Kier molecular flexibility index (Phi) is 7.05. The lowest BCUT2D eigenvalue weighted by molar-refractivity contribution is -0.110. The third-order valence-corrected chi connectivity index (χ3v) is 7.46. The number of fused-ring (bicyclic) bond motifs is 1. The largest absolute Gasteiger partial charge is 0.354 e. The van der Waals surface area contributed by atoms with Gasteiger partial charge in [0.15, 0.2) is 0 Å². The third kappa shape index (κ3) is 5.81. The van der Waals surface area contributed by atoms with Crippen molar-refractivity contribution >= 4 is 23.1 Å². The van der Waals surface area contributed by atoms with Crippen LogP contribution in [-0.2, 0) is 17.8 Å². The molecule has 0 bridgehead atoms. The van der Waals surface area contributed by atoms with Crippen molar-refractivity contribution in [3.05, 3.63) is 71.7 Å². The van der Waals surface area contributed by atoms with E-state index in [0.717, 1.165) is 66.2 Å². The second-order valence-corrected chi connectivity index (χ2v) is 10.3. The Morgan fingerprint density at radius 2 is 1.90 bits per heavy atom. The van der Waals surface area contributed by atoms with Gasteiger partial charge in [-0.2, -0.15) is 0 Å². The summed E-state index contributed by atoms with van der Waals surface area (Å²) in [5.41, 5.74) is 5.53. The van der Waals surface area contributed by atoms with Gasteiger partial charge in [0, 0.05) is 75.8 Å². The Bertz CT molecular complexity index is 1390. The van der Waals surface area contributed by atoms with Crippen molar-refractivity contribution in [1.82, 2.24) is 20.2 Å². The monoisotopic (exact) mass is 531 g/mol. The molecule has 3 aliphatic heterocycles. The maximum absolute atomic E-state index is 13.6. The molecule has 0 radical (unpaired) electrons. The fourth-order valence-electron chi connectivity index (χ4n) is 5.43. The normalized spacial score (nSPS) is 18.9. The van der Waals surface area contributed by atoms with Gasteiger partial charge in [0.25, 0.3) is 11.8 Å². The molecule has 0 saturated carbocycles. The molecule has 0 atom stereocenters. The number of hydrogen-bond donors (Lipinski definition) is 2. The van der Waals surface area contributed by atoms with Gasteiger partial charge in [0.1, 0.15) is 11.5 Å². The summed E-state index contributed by atoms with van der Waals surface area (Å²) in [7, 11) is 0. The Labute approximate surface area is 226 Å². The lowest BCUT2D eigenvalue weighted by atomic mass is 9.93. The van der Waals surface area contributed by atoms with Crippen LogP contribution in [0.4, 0.5) is 20.3 Å². The van der Waals surface area contributed by atoms with Gasteiger partial charge in [-0.3, -0.25) is 19.7 Å². The number of hydrogen-bond acceptors (Lipinski definition) is 7. The summed E-state index contributed by atoms with van der Waals surface area (Å²) in [6.45, 7) is 4.80. The summed E-state index contributed by atoms with van der Waals surface area (Å²) < 4.78 is 27.3. The topological polar surface area (TPSA) is 85.8 Å². The minimum atomic E-state index is -2.62. The van der Waals surface area contributed by atoms with Crippen LogP contribution < -0.4 is 15.5 Å². The lowest BCUT2D eigenvalue weighted by Gasteiger charge is -2.28. The van der Waals surface area contributed by atoms with E-state index in [1.165, 1.54) is 0 Å². The van der Waals surface area contributed by atoms with Crippen LogP contribution >= 0.6 is 0 Å². The number of aromatic nitrogens is 2. The van der Waals surface area contributed by atoms with Crippen LogP contribution in [0.1, 0.15) is 23.1 Å². The van der Waals surface area contributed by atoms with Crippen LogP contribution in [0.3, 0.4) is 0 Å². The number of piperazine rings is 1. The summed E-state index contributed by atoms with van der Waals surface area (Å²) in [5.74, 6) is -2.00. The first kappa shape index (κ1) is 25.5. The second kappa shape index (κ2) is 10.8. The van der Waals surface area contributed by atoms with Gasteiger partial charge < -0.3 is 15.5 Å². The van der Waals surface area contributed by atoms with Crippen molar-refractivity contribution in [3.8, 4) is 11.1 Å². The van der Waals surface area contributed by atoms with Gasteiger partial charge in [-0.1, -0.05) is 12.1 Å². The highest BCUT2D eigenvalue weighted by atomic mass is 19.3. The van der Waals surface area contributed by atoms with Crippen molar-refractivity contribution in [2.45, 2.75) is 25.3 Å². The van der Waals surface area contributed by atoms with E-state index in [9.17, 15) is 13.6 Å². The molecule has 6 rings (SSSR count). The SMILES string of the molecule is O=C(Nc1ccc(N2CCNCC2)nc1)C1=NCCc2ccc(-c3cncc(CN4CCC(F)(F)C4)c3)cc21. The molecule has 1 amide bonds. The first-order chi connectivity index (χ1) is 18.9. The smallest absolute Gasteiger partial charge is 0.274 e. The molecule has 1 aromatic carbocycles. The minimum Gasteiger partial charge on any atom is -0.354 e. The summed E-state index contributed by atoms with van der Waals surface area (Å²) in [6, 6.07) is 11.8. The number of alkyl halides is 2. The standard InChI is InChI=1S/C29H31F2N7O/c30-29(31)6-10-37(19-29)18-20-13-23(16-33-15-20)22-2-1-21-5-7-34-27(25(21)14-22)28(39)36-24-3-4-26(35-17-24)38-11-8-32-9-12-38/h1-4,13-17,32H,5-12,18-19H2,(H,36,39). The zero-order valence-electron chi connectivity index (χ0n) is 21.7. The van der Waals surface area contributed by atoms with Gasteiger partial charge in [0.2, 0.25) is 0 Å². The van der Waals surface area contributed by atoms with Gasteiger partial charge >= 0.3 is 0 Å². The van der Waals surface area contributed by atoms with Crippen molar-refractivity contribution in [1.29, 1.82) is 0 Å². The Hall–Kier alpha value is -3.76. The molecular formula is C29H31F2N7O. The molecule has 3 aliphatic rings. The van der Waals surface area contributed by atoms with Crippen LogP contribution in [0.15, 0.2) is 60.0 Å². The van der Waals surface area contributed by atoms with Gasteiger partial charge in [-0.25, -0.2) is 13.8 Å². The van der Waals surface area contributed by atoms with Crippen LogP contribution in [0.5, 0.6) is 0 Å². The molecule has 5 heterocycles. The Balaban J connectivity index is 1.18. The van der Waals surface area contributed by atoms with Crippen molar-refractivity contribution < 1.29 is 13.6 Å². The number of rotatable bonds is 6. The summed E-state index contributed by atoms with van der Waals surface area (Å²) in [4.78, 5) is 30.7. The zero-order valence-corrected chi connectivity index (χ0v) is 21.7. The van der Waals surface area contributed by atoms with E-state index in [-0.39, 0.29) is 18.9 Å². The molecule has 2 aromatic heterocycles. The number of likely N-dealkylation sites (tertiary alicyclic amines) is 1. The molecular weight excluding hydrogens is 500 g/mol. The highest BCUT2D eigenvalue weighted by Gasteiger charge is 2.38. The van der Waals surface area contributed by atoms with Crippen molar-refractivity contribution in [3.63, 3.8) is 0 Å². The molecule has 2 fully saturated rings. The number of halogens is 2. The fraction of sp³-hybridized carbons (Fsp3) is 0.379. The number of amides is 1. The summed E-state index contributed by atoms with van der Waals surface area (Å²) >= 11 is 0. The first-order valence-electron chi connectivity index (χ1n) is 13.4. The van der Waals surface area contributed by atoms with Crippen LogP contribution in [0.2, 0.25) is 0 Å².